The number of rotatable bonds is 7. The SMILES string of the molecule is CC1=C(CC[C@H]2OC[C@H](O[N+](=O)[O-])[C@@H]2O[N+](=O)[O-])C(=O)c2ccccc2C1=O. The van der Waals surface area contributed by atoms with Gasteiger partial charge in [0.2, 0.25) is 0 Å². The fraction of sp³-hybridized carbons (Fsp3) is 0.412. The van der Waals surface area contributed by atoms with Gasteiger partial charge in [-0.1, -0.05) is 24.3 Å². The van der Waals surface area contributed by atoms with Crippen LogP contribution in [0.3, 0.4) is 0 Å². The molecule has 1 aliphatic heterocycles. The maximum absolute atomic E-state index is 12.7. The molecule has 1 saturated heterocycles. The van der Waals surface area contributed by atoms with E-state index < -0.39 is 28.5 Å². The van der Waals surface area contributed by atoms with Gasteiger partial charge in [-0.3, -0.25) is 9.59 Å². The van der Waals surface area contributed by atoms with Crippen molar-refractivity contribution in [2.45, 2.75) is 38.1 Å². The number of Topliss-reactive ketones (excluding diaryl/α,β-unsaturated/α-hetero) is 2. The van der Waals surface area contributed by atoms with Gasteiger partial charge in [0.05, 0.1) is 12.7 Å². The minimum atomic E-state index is -1.32. The molecule has 11 heteroatoms. The van der Waals surface area contributed by atoms with Gasteiger partial charge in [-0.25, -0.2) is 0 Å². The van der Waals surface area contributed by atoms with Gasteiger partial charge in [0.15, 0.2) is 23.8 Å². The Balaban J connectivity index is 1.76. The lowest BCUT2D eigenvalue weighted by atomic mass is 9.82. The van der Waals surface area contributed by atoms with Crippen molar-refractivity contribution in [1.82, 2.24) is 0 Å². The van der Waals surface area contributed by atoms with E-state index >= 15 is 0 Å². The number of fused-ring (bicyclic) bond motifs is 1. The second kappa shape index (κ2) is 7.72. The smallest absolute Gasteiger partial charge is 0.294 e. The topological polar surface area (TPSA) is 148 Å². The Bertz CT molecular complexity index is 879. The van der Waals surface area contributed by atoms with Crippen LogP contribution in [0.4, 0.5) is 0 Å². The van der Waals surface area contributed by atoms with Crippen molar-refractivity contribution in [2.75, 3.05) is 6.61 Å². The Kier molecular flexibility index (Phi) is 5.36. The van der Waals surface area contributed by atoms with E-state index in [1.54, 1.807) is 31.2 Å². The van der Waals surface area contributed by atoms with Crippen molar-refractivity contribution in [1.29, 1.82) is 0 Å². The number of benzene rings is 1. The Morgan fingerprint density at radius 1 is 1.07 bits per heavy atom. The summed E-state index contributed by atoms with van der Waals surface area (Å²) in [6, 6.07) is 6.47. The van der Waals surface area contributed by atoms with Gasteiger partial charge in [-0.05, 0) is 19.8 Å². The number of ketones is 2. The monoisotopic (exact) mass is 392 g/mol. The number of hydrogen-bond donors (Lipinski definition) is 0. The molecule has 3 rings (SSSR count). The molecule has 0 aromatic heterocycles. The van der Waals surface area contributed by atoms with Crippen molar-refractivity contribution in [3.63, 3.8) is 0 Å². The van der Waals surface area contributed by atoms with Crippen molar-refractivity contribution in [3.05, 3.63) is 66.8 Å². The predicted octanol–water partition coefficient (Wildman–Crippen LogP) is 1.71. The lowest BCUT2D eigenvalue weighted by Crippen LogP contribution is -2.38. The molecule has 0 amide bonds. The first-order valence-electron chi connectivity index (χ1n) is 8.41. The second-order valence-corrected chi connectivity index (χ2v) is 6.38. The normalized spacial score (nSPS) is 24.1. The third-order valence-electron chi connectivity index (χ3n) is 4.80. The third-order valence-corrected chi connectivity index (χ3v) is 4.80. The average Bonchev–Trinajstić information content (AvgIpc) is 3.00. The fourth-order valence-corrected chi connectivity index (χ4v) is 3.47. The molecule has 28 heavy (non-hydrogen) atoms. The Morgan fingerprint density at radius 2 is 1.68 bits per heavy atom. The quantitative estimate of drug-likeness (QED) is 0.499. The first-order chi connectivity index (χ1) is 13.3. The Morgan fingerprint density at radius 3 is 2.29 bits per heavy atom. The maximum atomic E-state index is 12.7. The van der Waals surface area contributed by atoms with Crippen LogP contribution in [-0.4, -0.2) is 46.7 Å². The molecule has 0 N–H and O–H groups in total. The highest BCUT2D eigenvalue weighted by molar-refractivity contribution is 6.26. The summed E-state index contributed by atoms with van der Waals surface area (Å²) in [5.74, 6) is -0.555. The minimum absolute atomic E-state index is 0.0872. The van der Waals surface area contributed by atoms with E-state index in [4.69, 9.17) is 4.74 Å². The molecule has 1 heterocycles. The van der Waals surface area contributed by atoms with Crippen LogP contribution in [0.25, 0.3) is 0 Å². The number of allylic oxidation sites excluding steroid dienone is 2. The molecule has 1 aliphatic carbocycles. The van der Waals surface area contributed by atoms with Gasteiger partial charge in [-0.15, -0.1) is 20.2 Å². The van der Waals surface area contributed by atoms with E-state index in [0.717, 1.165) is 0 Å². The Hall–Kier alpha value is -3.34. The molecule has 1 fully saturated rings. The van der Waals surface area contributed by atoms with E-state index in [1.165, 1.54) is 0 Å². The van der Waals surface area contributed by atoms with Crippen LogP contribution in [0.1, 0.15) is 40.5 Å². The number of ether oxygens (including phenoxy) is 1. The third kappa shape index (κ3) is 3.69. The minimum Gasteiger partial charge on any atom is -0.373 e. The zero-order chi connectivity index (χ0) is 20.4. The average molecular weight is 392 g/mol. The number of hydrogen-bond acceptors (Lipinski definition) is 9. The van der Waals surface area contributed by atoms with Gasteiger partial charge in [0.1, 0.15) is 0 Å². The van der Waals surface area contributed by atoms with Crippen LogP contribution in [0.15, 0.2) is 35.4 Å². The lowest BCUT2D eigenvalue weighted by Gasteiger charge is -2.22. The van der Waals surface area contributed by atoms with Gasteiger partial charge in [0, 0.05) is 22.3 Å². The first-order valence-corrected chi connectivity index (χ1v) is 8.41. The van der Waals surface area contributed by atoms with Gasteiger partial charge >= 0.3 is 0 Å². The van der Waals surface area contributed by atoms with Crippen LogP contribution in [-0.2, 0) is 14.4 Å². The molecule has 148 valence electrons. The van der Waals surface area contributed by atoms with Crippen LogP contribution in [0.2, 0.25) is 0 Å². The highest BCUT2D eigenvalue weighted by Crippen LogP contribution is 2.31. The molecule has 11 nitrogen and oxygen atoms in total. The summed E-state index contributed by atoms with van der Waals surface area (Å²) < 4.78 is 5.36. The molecule has 0 unspecified atom stereocenters. The Labute approximate surface area is 158 Å². The van der Waals surface area contributed by atoms with E-state index in [0.29, 0.717) is 16.7 Å². The lowest BCUT2D eigenvalue weighted by molar-refractivity contribution is -0.797. The number of carbonyl (C=O) groups excluding carboxylic acids is 2. The molecule has 3 atom stereocenters. The summed E-state index contributed by atoms with van der Waals surface area (Å²) in [5.41, 5.74) is 1.21. The number of carbonyl (C=O) groups is 2. The second-order valence-electron chi connectivity index (χ2n) is 6.38. The predicted molar refractivity (Wildman–Crippen MR) is 90.5 cm³/mol. The summed E-state index contributed by atoms with van der Waals surface area (Å²) in [6.45, 7) is 1.28. The van der Waals surface area contributed by atoms with E-state index in [-0.39, 0.29) is 36.6 Å². The zero-order valence-corrected chi connectivity index (χ0v) is 14.7. The summed E-state index contributed by atoms with van der Waals surface area (Å²) in [6.07, 6.45) is -3.30. The highest BCUT2D eigenvalue weighted by Gasteiger charge is 2.43. The van der Waals surface area contributed by atoms with Gasteiger partial charge in [0.25, 0.3) is 10.2 Å². The molecular weight excluding hydrogens is 376 g/mol. The van der Waals surface area contributed by atoms with Crippen LogP contribution in [0, 0.1) is 20.2 Å². The molecule has 1 aromatic rings. The molecular formula is C17H16N2O9. The van der Waals surface area contributed by atoms with Crippen LogP contribution in [0.5, 0.6) is 0 Å². The molecule has 0 saturated carbocycles. The number of nitrogens with zero attached hydrogens (tertiary/aromatic N) is 2. The molecule has 0 spiro atoms. The first kappa shape index (κ1) is 19.4. The standard InChI is InChI=1S/C17H16N2O9/c1-9-10(16(21)12-5-3-2-4-11(12)15(9)20)6-7-13-17(28-19(24)25)14(8-26-13)27-18(22)23/h2-5,13-14,17H,6-8H2,1H3/t13-,14+,17-/m1/s1. The van der Waals surface area contributed by atoms with Crippen molar-refractivity contribution >= 4 is 11.6 Å². The summed E-state index contributed by atoms with van der Waals surface area (Å²) in [7, 11) is 0. The van der Waals surface area contributed by atoms with Crippen molar-refractivity contribution in [3.8, 4) is 0 Å². The summed E-state index contributed by atoms with van der Waals surface area (Å²) >= 11 is 0. The van der Waals surface area contributed by atoms with Crippen molar-refractivity contribution in [2.24, 2.45) is 0 Å². The van der Waals surface area contributed by atoms with E-state index in [2.05, 4.69) is 9.68 Å². The highest BCUT2D eigenvalue weighted by atomic mass is 17.0. The van der Waals surface area contributed by atoms with E-state index in [1.807, 2.05) is 0 Å². The largest absolute Gasteiger partial charge is 0.373 e. The van der Waals surface area contributed by atoms with Crippen LogP contribution < -0.4 is 0 Å². The molecule has 2 aliphatic rings. The van der Waals surface area contributed by atoms with Crippen molar-refractivity contribution < 1.29 is 34.2 Å². The summed E-state index contributed by atoms with van der Waals surface area (Å²) in [4.78, 5) is 55.4. The zero-order valence-electron chi connectivity index (χ0n) is 14.7. The van der Waals surface area contributed by atoms with Gasteiger partial charge < -0.3 is 14.4 Å². The van der Waals surface area contributed by atoms with Gasteiger partial charge in [-0.2, -0.15) is 0 Å². The molecule has 1 aromatic carbocycles. The summed E-state index contributed by atoms with van der Waals surface area (Å²) in [5, 5.41) is 19.1. The molecule has 0 bridgehead atoms. The molecule has 0 radical (unpaired) electrons. The maximum Gasteiger partial charge on any atom is 0.294 e. The van der Waals surface area contributed by atoms with Crippen LogP contribution >= 0.6 is 0 Å². The fourth-order valence-electron chi connectivity index (χ4n) is 3.47. The van der Waals surface area contributed by atoms with E-state index in [9.17, 15) is 29.8 Å².